The van der Waals surface area contributed by atoms with E-state index in [9.17, 15) is 4.79 Å². The molecular formula is C22H32N2O2. The molecule has 4 rings (SSSR count). The van der Waals surface area contributed by atoms with Gasteiger partial charge in [-0.1, -0.05) is 31.2 Å². The van der Waals surface area contributed by atoms with E-state index < -0.39 is 0 Å². The Hall–Kier alpha value is -1.39. The summed E-state index contributed by atoms with van der Waals surface area (Å²) in [6, 6.07) is 9.19. The van der Waals surface area contributed by atoms with Gasteiger partial charge in [-0.2, -0.15) is 0 Å². The van der Waals surface area contributed by atoms with Gasteiger partial charge in [0.25, 0.3) is 0 Å². The van der Waals surface area contributed by atoms with Crippen molar-refractivity contribution < 1.29 is 9.53 Å². The molecule has 142 valence electrons. The summed E-state index contributed by atoms with van der Waals surface area (Å²) in [5, 5.41) is 0. The molecule has 0 aromatic heterocycles. The molecule has 0 N–H and O–H groups in total. The van der Waals surface area contributed by atoms with E-state index >= 15 is 0 Å². The number of carbonyl (C=O) groups is 1. The summed E-state index contributed by atoms with van der Waals surface area (Å²) < 4.78 is 5.52. The molecule has 0 atom stereocenters. The molecule has 1 aromatic rings. The second-order valence-electron chi connectivity index (χ2n) is 8.55. The summed E-state index contributed by atoms with van der Waals surface area (Å²) in [6.07, 6.45) is 6.35. The molecule has 1 aromatic carbocycles. The smallest absolute Gasteiger partial charge is 0.228 e. The van der Waals surface area contributed by atoms with Crippen molar-refractivity contribution in [2.75, 3.05) is 32.8 Å². The minimum atomic E-state index is -0.0671. The molecule has 0 bridgehead atoms. The lowest BCUT2D eigenvalue weighted by Gasteiger charge is -2.37. The predicted octanol–water partition coefficient (Wildman–Crippen LogP) is 3.24. The third-order valence-electron chi connectivity index (χ3n) is 6.49. The predicted molar refractivity (Wildman–Crippen MR) is 103 cm³/mol. The maximum Gasteiger partial charge on any atom is 0.228 e. The van der Waals surface area contributed by atoms with Crippen LogP contribution >= 0.6 is 0 Å². The molecule has 0 unspecified atom stereocenters. The maximum atomic E-state index is 13.0. The van der Waals surface area contributed by atoms with Crippen molar-refractivity contribution >= 4 is 5.91 Å². The molecule has 3 aliphatic rings. The van der Waals surface area contributed by atoms with Gasteiger partial charge in [0.2, 0.25) is 5.91 Å². The number of amides is 1. The molecule has 0 spiro atoms. The van der Waals surface area contributed by atoms with Crippen LogP contribution in [0.3, 0.4) is 0 Å². The molecule has 2 heterocycles. The number of ether oxygens (including phenoxy) is 1. The first-order valence-corrected chi connectivity index (χ1v) is 10.3. The molecule has 1 saturated carbocycles. The molecule has 2 fully saturated rings. The van der Waals surface area contributed by atoms with Gasteiger partial charge >= 0.3 is 0 Å². The molecular weight excluding hydrogens is 324 g/mol. The van der Waals surface area contributed by atoms with Crippen molar-refractivity contribution in [3.05, 3.63) is 35.4 Å². The average Bonchev–Trinajstić information content (AvgIpc) is 3.44. The fraction of sp³-hybridized carbons (Fsp3) is 0.682. The number of benzene rings is 1. The van der Waals surface area contributed by atoms with Gasteiger partial charge < -0.3 is 9.64 Å². The summed E-state index contributed by atoms with van der Waals surface area (Å²) in [5.74, 6) is 0.397. The van der Waals surface area contributed by atoms with E-state index in [0.29, 0.717) is 11.9 Å². The van der Waals surface area contributed by atoms with Crippen LogP contribution in [0.25, 0.3) is 0 Å². The zero-order valence-corrected chi connectivity index (χ0v) is 16.1. The molecule has 0 radical (unpaired) electrons. The third-order valence-corrected chi connectivity index (χ3v) is 6.49. The SMILES string of the molecule is CC1(C(=O)N(CCCN2CCc3ccccc3C2)C2CCOCC2)CC1. The molecule has 2 aliphatic heterocycles. The normalized spacial score (nSPS) is 22.7. The van der Waals surface area contributed by atoms with Crippen LogP contribution in [0.2, 0.25) is 0 Å². The first-order chi connectivity index (χ1) is 12.7. The van der Waals surface area contributed by atoms with E-state index in [1.165, 1.54) is 11.1 Å². The zero-order chi connectivity index (χ0) is 18.0. The second-order valence-corrected chi connectivity index (χ2v) is 8.55. The Kier molecular flexibility index (Phi) is 5.32. The first kappa shape index (κ1) is 18.0. The van der Waals surface area contributed by atoms with E-state index in [-0.39, 0.29) is 5.41 Å². The van der Waals surface area contributed by atoms with Gasteiger partial charge in [0.15, 0.2) is 0 Å². The summed E-state index contributed by atoms with van der Waals surface area (Å²) in [4.78, 5) is 17.8. The van der Waals surface area contributed by atoms with Gasteiger partial charge in [-0.25, -0.2) is 0 Å². The highest BCUT2D eigenvalue weighted by Gasteiger charge is 2.48. The molecule has 1 amide bonds. The van der Waals surface area contributed by atoms with Gasteiger partial charge in [-0.15, -0.1) is 0 Å². The van der Waals surface area contributed by atoms with Gasteiger partial charge in [-0.05, 0) is 49.7 Å². The summed E-state index contributed by atoms with van der Waals surface area (Å²) in [5.41, 5.74) is 2.91. The number of hydrogen-bond donors (Lipinski definition) is 0. The number of hydrogen-bond acceptors (Lipinski definition) is 3. The van der Waals surface area contributed by atoms with Gasteiger partial charge in [0.1, 0.15) is 0 Å². The van der Waals surface area contributed by atoms with E-state index in [2.05, 4.69) is 41.0 Å². The average molecular weight is 357 g/mol. The topological polar surface area (TPSA) is 32.8 Å². The standard InChI is InChI=1S/C22H32N2O2/c1-22(10-11-22)21(25)24(20-8-15-26-16-9-20)13-4-12-23-14-7-18-5-2-3-6-19(18)17-23/h2-3,5-6,20H,4,7-17H2,1H3. The van der Waals surface area contributed by atoms with Crippen LogP contribution in [-0.2, 0) is 22.5 Å². The number of carbonyl (C=O) groups excluding carboxylic acids is 1. The minimum Gasteiger partial charge on any atom is -0.381 e. The summed E-state index contributed by atoms with van der Waals surface area (Å²) >= 11 is 0. The molecule has 26 heavy (non-hydrogen) atoms. The molecule has 1 saturated heterocycles. The molecule has 1 aliphatic carbocycles. The van der Waals surface area contributed by atoms with Crippen LogP contribution in [0.15, 0.2) is 24.3 Å². The quantitative estimate of drug-likeness (QED) is 0.784. The Bertz CT molecular complexity index is 635. The third kappa shape index (κ3) is 3.96. The van der Waals surface area contributed by atoms with Crippen LogP contribution < -0.4 is 0 Å². The largest absolute Gasteiger partial charge is 0.381 e. The van der Waals surface area contributed by atoms with E-state index in [1.807, 2.05) is 0 Å². The minimum absolute atomic E-state index is 0.0671. The van der Waals surface area contributed by atoms with Crippen molar-refractivity contribution in [1.82, 2.24) is 9.80 Å². The second kappa shape index (κ2) is 7.69. The van der Waals surface area contributed by atoms with Crippen LogP contribution in [0.1, 0.15) is 50.2 Å². The first-order valence-electron chi connectivity index (χ1n) is 10.3. The molecule has 4 nitrogen and oxygen atoms in total. The van der Waals surface area contributed by atoms with E-state index in [4.69, 9.17) is 4.74 Å². The van der Waals surface area contributed by atoms with Crippen LogP contribution in [0.4, 0.5) is 0 Å². The lowest BCUT2D eigenvalue weighted by molar-refractivity contribution is -0.140. The highest BCUT2D eigenvalue weighted by Crippen LogP contribution is 2.47. The Labute approximate surface area is 157 Å². The van der Waals surface area contributed by atoms with Crippen molar-refractivity contribution in [3.8, 4) is 0 Å². The maximum absolute atomic E-state index is 13.0. The van der Waals surface area contributed by atoms with E-state index in [0.717, 1.165) is 77.9 Å². The van der Waals surface area contributed by atoms with Crippen molar-refractivity contribution in [1.29, 1.82) is 0 Å². The number of fused-ring (bicyclic) bond motifs is 1. The summed E-state index contributed by atoms with van der Waals surface area (Å²) in [6.45, 7) is 7.92. The highest BCUT2D eigenvalue weighted by molar-refractivity contribution is 5.85. The zero-order valence-electron chi connectivity index (χ0n) is 16.1. The van der Waals surface area contributed by atoms with Crippen molar-refractivity contribution in [2.24, 2.45) is 5.41 Å². The van der Waals surface area contributed by atoms with Gasteiger partial charge in [-0.3, -0.25) is 9.69 Å². The Morgan fingerprint density at radius 2 is 1.96 bits per heavy atom. The Morgan fingerprint density at radius 3 is 2.69 bits per heavy atom. The fourth-order valence-electron chi connectivity index (χ4n) is 4.40. The van der Waals surface area contributed by atoms with Crippen molar-refractivity contribution in [2.45, 2.75) is 58.0 Å². The highest BCUT2D eigenvalue weighted by atomic mass is 16.5. The summed E-state index contributed by atoms with van der Waals surface area (Å²) in [7, 11) is 0. The number of rotatable bonds is 6. The van der Waals surface area contributed by atoms with Gasteiger partial charge in [0.05, 0.1) is 0 Å². The lowest BCUT2D eigenvalue weighted by Crippen LogP contribution is -2.47. The van der Waals surface area contributed by atoms with Gasteiger partial charge in [0, 0.05) is 50.8 Å². The Balaban J connectivity index is 1.32. The monoisotopic (exact) mass is 356 g/mol. The molecule has 4 heteroatoms. The van der Waals surface area contributed by atoms with Crippen LogP contribution in [-0.4, -0.2) is 54.6 Å². The van der Waals surface area contributed by atoms with Crippen LogP contribution in [0, 0.1) is 5.41 Å². The number of nitrogens with zero attached hydrogens (tertiary/aromatic N) is 2. The van der Waals surface area contributed by atoms with Crippen LogP contribution in [0.5, 0.6) is 0 Å². The Morgan fingerprint density at radius 1 is 1.23 bits per heavy atom. The van der Waals surface area contributed by atoms with Crippen molar-refractivity contribution in [3.63, 3.8) is 0 Å². The van der Waals surface area contributed by atoms with E-state index in [1.54, 1.807) is 0 Å². The lowest BCUT2D eigenvalue weighted by atomic mass is 9.99. The fourth-order valence-corrected chi connectivity index (χ4v) is 4.40.